The molecule has 49 heavy (non-hydrogen) atoms. The average Bonchev–Trinajstić information content (AvgIpc) is 3.67. The van der Waals surface area contributed by atoms with Gasteiger partial charge in [0.2, 0.25) is 18.4 Å². The third-order valence-electron chi connectivity index (χ3n) is 9.46. The number of carbonyl (C=O) groups excluding carboxylic acids is 3. The van der Waals surface area contributed by atoms with Gasteiger partial charge in [-0.2, -0.15) is 0 Å². The molecule has 1 N–H and O–H groups in total. The summed E-state index contributed by atoms with van der Waals surface area (Å²) < 4.78 is 17.9. The number of fused-ring (bicyclic) bond motifs is 1. The molecule has 3 aliphatic heterocycles. The number of nitrogens with zero attached hydrogens (tertiary/aromatic N) is 4. The Morgan fingerprint density at radius 1 is 1.12 bits per heavy atom. The third-order valence-corrected chi connectivity index (χ3v) is 12.6. The fourth-order valence-electron chi connectivity index (χ4n) is 7.09. The monoisotopic (exact) mass is 793 g/mol. The number of rotatable bonds is 14. The second-order valence-corrected chi connectivity index (χ2v) is 25.7. The van der Waals surface area contributed by atoms with Gasteiger partial charge in [-0.15, -0.1) is 0 Å². The first-order valence-corrected chi connectivity index (χ1v) is 24.7. The number of likely N-dealkylation sites (tertiary alicyclic amines) is 1. The quantitative estimate of drug-likeness (QED) is 0.220. The summed E-state index contributed by atoms with van der Waals surface area (Å²) in [6.07, 6.45) is 2.14. The summed E-state index contributed by atoms with van der Waals surface area (Å²) in [4.78, 5) is 66.8. The van der Waals surface area contributed by atoms with Gasteiger partial charge in [-0.3, -0.25) is 4.79 Å². The maximum absolute atomic E-state index is 14.3. The van der Waals surface area contributed by atoms with Gasteiger partial charge in [0.25, 0.3) is 0 Å². The molecule has 13 heteroatoms. The number of anilines is 1. The van der Waals surface area contributed by atoms with Crippen LogP contribution in [-0.4, -0.2) is 118 Å². The maximum atomic E-state index is 14.3. The molecule has 0 spiro atoms. The Morgan fingerprint density at radius 2 is 1.90 bits per heavy atom. The predicted molar refractivity (Wildman–Crippen MR) is 182 cm³/mol. The Balaban J connectivity index is 1.48. The molecule has 4 amide bonds. The van der Waals surface area contributed by atoms with Gasteiger partial charge >= 0.3 is 208 Å². The summed E-state index contributed by atoms with van der Waals surface area (Å²) in [7, 11) is 3.17. The summed E-state index contributed by atoms with van der Waals surface area (Å²) in [5, 5.41) is 10.7. The van der Waals surface area contributed by atoms with Crippen molar-refractivity contribution >= 4 is 29.5 Å². The van der Waals surface area contributed by atoms with E-state index in [0.717, 1.165) is 23.0 Å². The van der Waals surface area contributed by atoms with Crippen LogP contribution in [-0.2, 0) is 18.8 Å². The van der Waals surface area contributed by atoms with Crippen molar-refractivity contribution < 1.29 is 56.9 Å². The molecule has 12 nitrogen and oxygen atoms in total. The fraction of sp³-hybridized carbons (Fsp3) is 0.556. The van der Waals surface area contributed by atoms with E-state index in [0.29, 0.717) is 35.9 Å². The van der Waals surface area contributed by atoms with Crippen LogP contribution in [0.5, 0.6) is 17.2 Å². The number of benzene rings is 2. The zero-order valence-corrected chi connectivity index (χ0v) is 31.6. The normalized spacial score (nSPS) is 21.3. The minimum atomic E-state index is -1.84. The van der Waals surface area contributed by atoms with Crippen LogP contribution in [0, 0.1) is 5.92 Å². The van der Waals surface area contributed by atoms with E-state index in [1.807, 2.05) is 21.9 Å². The van der Waals surface area contributed by atoms with E-state index in [4.69, 9.17) is 14.2 Å². The first-order chi connectivity index (χ1) is 23.3. The number of ether oxygens (including phenoxy) is 3. The van der Waals surface area contributed by atoms with E-state index in [1.165, 1.54) is 22.5 Å². The van der Waals surface area contributed by atoms with Crippen molar-refractivity contribution in [3.05, 3.63) is 47.5 Å². The van der Waals surface area contributed by atoms with E-state index in [1.54, 1.807) is 19.2 Å². The number of imide groups is 1. The van der Waals surface area contributed by atoms with Crippen LogP contribution in [0.1, 0.15) is 49.7 Å². The molecule has 0 bridgehead atoms. The van der Waals surface area contributed by atoms with Crippen LogP contribution in [0.3, 0.4) is 0 Å². The second-order valence-electron chi connectivity index (χ2n) is 13.9. The topological polar surface area (TPSA) is 129 Å². The van der Waals surface area contributed by atoms with Crippen LogP contribution < -0.4 is 37.5 Å². The number of alkyl halides is 4. The van der Waals surface area contributed by atoms with Crippen LogP contribution in [0.15, 0.2) is 36.4 Å². The van der Waals surface area contributed by atoms with E-state index in [2.05, 4.69) is 33.8 Å². The van der Waals surface area contributed by atoms with Crippen LogP contribution in [0.4, 0.5) is 10.5 Å². The van der Waals surface area contributed by atoms with Crippen molar-refractivity contribution in [2.24, 2.45) is 5.92 Å². The van der Waals surface area contributed by atoms with Crippen molar-refractivity contribution in [2.75, 3.05) is 73.4 Å². The van der Waals surface area contributed by atoms with Crippen LogP contribution in [0.25, 0.3) is 0 Å². The van der Waals surface area contributed by atoms with Gasteiger partial charge in [0, 0.05) is 20.0 Å². The van der Waals surface area contributed by atoms with Crippen molar-refractivity contribution in [1.29, 1.82) is 0 Å². The number of unbranched alkanes of at least 4 members (excludes halogenated alkanes) is 1. The molecule has 0 saturated carbocycles. The molecular formula is C36H50IN4O8-. The first-order valence-electron chi connectivity index (χ1n) is 16.7. The number of carbonyl (C=O) groups is 4. The molecule has 5 rings (SSSR count). The van der Waals surface area contributed by atoms with E-state index in [-0.39, 0.29) is 51.1 Å². The minimum absolute atomic E-state index is 0.0149. The molecule has 0 aliphatic carbocycles. The van der Waals surface area contributed by atoms with Gasteiger partial charge in [0.1, 0.15) is 0 Å². The van der Waals surface area contributed by atoms with Crippen LogP contribution in [0.2, 0.25) is 0 Å². The molecular weight excluding hydrogens is 743 g/mol. The Hall–Kier alpha value is -3.59. The van der Waals surface area contributed by atoms with Gasteiger partial charge in [-0.05, 0) is 0 Å². The average molecular weight is 794 g/mol. The van der Waals surface area contributed by atoms with Gasteiger partial charge in [-0.1, -0.05) is 0 Å². The van der Waals surface area contributed by atoms with Crippen LogP contribution >= 0.6 is 0 Å². The summed E-state index contributed by atoms with van der Waals surface area (Å²) >= 11 is -1.84. The molecule has 0 radical (unpaired) electrons. The third kappa shape index (κ3) is 8.42. The van der Waals surface area contributed by atoms with Gasteiger partial charge in [0.15, 0.2) is 11.5 Å². The Labute approximate surface area is 293 Å². The number of halogens is 1. The van der Waals surface area contributed by atoms with E-state index >= 15 is 0 Å². The number of carboxylic acid groups (broad SMARTS) is 1. The summed E-state index contributed by atoms with van der Waals surface area (Å²) in [5.74, 6) is -1.49. The molecule has 3 heterocycles. The van der Waals surface area contributed by atoms with Crippen molar-refractivity contribution in [3.8, 4) is 17.2 Å². The molecule has 0 aromatic heterocycles. The number of carboxylic acids is 1. The van der Waals surface area contributed by atoms with Gasteiger partial charge in [-0.25, -0.2) is 4.79 Å². The molecule has 3 aliphatic rings. The van der Waals surface area contributed by atoms with Crippen molar-refractivity contribution in [1.82, 2.24) is 14.7 Å². The van der Waals surface area contributed by atoms with Gasteiger partial charge in [0.05, 0.1) is 7.11 Å². The molecule has 2 aromatic carbocycles. The molecule has 0 unspecified atom stereocenters. The first kappa shape index (κ1) is 36.7. The molecule has 270 valence electrons. The molecule has 2 saturated heterocycles. The number of hydrogen-bond acceptors (Lipinski definition) is 8. The Morgan fingerprint density at radius 3 is 2.59 bits per heavy atom. The summed E-state index contributed by atoms with van der Waals surface area (Å²) in [6, 6.07) is 10.8. The van der Waals surface area contributed by atoms with Gasteiger partial charge < -0.3 is 19.1 Å². The summed E-state index contributed by atoms with van der Waals surface area (Å²) in [6.45, 7) is 3.32. The SMILES string of the molecule is CCCCN(C(=O)CN1C[C@H](c2cc(OC)c3c(c2)OCO3)[C@@H](C(=O)O)[C@@H]1CCN1C(=O)CCN(C)C1=O)c1cccc(C[I-](C)(C)C)c1. The molecule has 3 atom stereocenters. The number of aliphatic carboxylic acids is 1. The number of amides is 4. The van der Waals surface area contributed by atoms with E-state index in [9.17, 15) is 24.3 Å². The fourth-order valence-corrected chi connectivity index (χ4v) is 10.2. The Bertz CT molecular complexity index is 1560. The number of hydrogen-bond donors (Lipinski definition) is 1. The zero-order chi connectivity index (χ0) is 35.5. The Kier molecular flexibility index (Phi) is 11.6. The summed E-state index contributed by atoms with van der Waals surface area (Å²) in [5.41, 5.74) is 2.76. The predicted octanol–water partition coefficient (Wildman–Crippen LogP) is 0.950. The van der Waals surface area contributed by atoms with Crippen molar-refractivity contribution in [2.45, 2.75) is 49.0 Å². The zero-order valence-electron chi connectivity index (χ0n) is 29.4. The molecule has 2 aromatic rings. The standard InChI is InChI=1S/C36H50IN4O8/c1-7-8-14-40(26-11-9-10-24(17-26)20-37(2,3)4)32(43)22-39-21-27(25-18-29(47-6)34-30(19-25)48-23-49-34)33(35(44)45)28(39)12-16-41-31(42)13-15-38(5)36(41)46/h9-11,17-19,27-28,33H,7-8,12-16,20-23H2,1-6H3,(H,44,45)/q-1/t27-,28+,33-/m1/s1. The van der Waals surface area contributed by atoms with Crippen molar-refractivity contribution in [3.63, 3.8) is 0 Å². The number of urea groups is 1. The number of methoxy groups -OCH3 is 1. The molecule has 2 fully saturated rings. The second kappa shape index (κ2) is 15.5. The van der Waals surface area contributed by atoms with E-state index < -0.39 is 48.3 Å².